The third-order valence-electron chi connectivity index (χ3n) is 4.73. The molecule has 1 aromatic rings. The van der Waals surface area contributed by atoms with Crippen LogP contribution in [0.5, 0.6) is 5.75 Å². The van der Waals surface area contributed by atoms with E-state index in [4.69, 9.17) is 10.5 Å². The maximum atomic E-state index is 6.33. The molecule has 0 radical (unpaired) electrons. The number of fused-ring (bicyclic) bond motifs is 1. The van der Waals surface area contributed by atoms with Gasteiger partial charge in [0, 0.05) is 22.5 Å². The summed E-state index contributed by atoms with van der Waals surface area (Å²) in [7, 11) is 0. The van der Waals surface area contributed by atoms with Crippen molar-refractivity contribution >= 4 is 15.9 Å². The second kappa shape index (κ2) is 5.45. The second-order valence-corrected chi connectivity index (χ2v) is 7.12. The number of hydrogen-bond acceptors (Lipinski definition) is 2. The Bertz CT molecular complexity index is 454. The molecule has 0 aromatic heterocycles. The van der Waals surface area contributed by atoms with Crippen molar-refractivity contribution in [3.63, 3.8) is 0 Å². The molecular weight excluding hydrogens is 302 g/mol. The van der Waals surface area contributed by atoms with E-state index in [-0.39, 0.29) is 6.04 Å². The molecule has 2 aliphatic rings. The third kappa shape index (κ3) is 2.82. The van der Waals surface area contributed by atoms with Crippen LogP contribution in [0.15, 0.2) is 22.7 Å². The average Bonchev–Trinajstić information content (AvgIpc) is 2.38. The van der Waals surface area contributed by atoms with E-state index in [0.717, 1.165) is 28.1 Å². The molecule has 0 saturated heterocycles. The lowest BCUT2D eigenvalue weighted by Crippen LogP contribution is -2.36. The van der Waals surface area contributed by atoms with Crippen LogP contribution in [0.4, 0.5) is 0 Å². The van der Waals surface area contributed by atoms with Crippen molar-refractivity contribution < 1.29 is 4.74 Å². The number of nitrogens with two attached hydrogens (primary N) is 1. The summed E-state index contributed by atoms with van der Waals surface area (Å²) < 4.78 is 7.31. The summed E-state index contributed by atoms with van der Waals surface area (Å²) in [6, 6.07) is 6.32. The second-order valence-electron chi connectivity index (χ2n) is 6.20. The van der Waals surface area contributed by atoms with E-state index < -0.39 is 0 Å². The van der Waals surface area contributed by atoms with E-state index in [9.17, 15) is 0 Å². The van der Waals surface area contributed by atoms with Crippen molar-refractivity contribution in [3.8, 4) is 5.75 Å². The Kier molecular flexibility index (Phi) is 3.86. The van der Waals surface area contributed by atoms with Crippen LogP contribution in [0, 0.1) is 11.8 Å². The Morgan fingerprint density at radius 1 is 1.21 bits per heavy atom. The lowest BCUT2D eigenvalue weighted by atomic mass is 9.77. The molecule has 1 aliphatic carbocycles. The molecule has 1 heterocycles. The average molecular weight is 324 g/mol. The normalized spacial score (nSPS) is 34.5. The zero-order valence-corrected chi connectivity index (χ0v) is 13.0. The van der Waals surface area contributed by atoms with E-state index in [2.05, 4.69) is 35.0 Å². The minimum atomic E-state index is 0.126. The third-order valence-corrected chi connectivity index (χ3v) is 5.22. The van der Waals surface area contributed by atoms with Gasteiger partial charge in [-0.1, -0.05) is 41.8 Å². The molecule has 1 unspecified atom stereocenters. The van der Waals surface area contributed by atoms with Crippen molar-refractivity contribution in [3.05, 3.63) is 28.2 Å². The summed E-state index contributed by atoms with van der Waals surface area (Å²) in [5.74, 6) is 2.56. The standard InChI is InChI=1S/C16H22BrNO/c1-10-2-4-11(5-3-10)15-9-14(18)13-7-6-12(17)8-16(13)19-15/h6-8,10-11,14-15H,2-5,9,18H2,1H3/t10?,11?,14-,15?/m0/s1. The zero-order chi connectivity index (χ0) is 13.4. The molecule has 1 aliphatic heterocycles. The van der Waals surface area contributed by atoms with Gasteiger partial charge in [0.2, 0.25) is 0 Å². The Morgan fingerprint density at radius 2 is 1.95 bits per heavy atom. The fraction of sp³-hybridized carbons (Fsp3) is 0.625. The van der Waals surface area contributed by atoms with Crippen LogP contribution in [-0.4, -0.2) is 6.10 Å². The van der Waals surface area contributed by atoms with E-state index in [1.54, 1.807) is 0 Å². The summed E-state index contributed by atoms with van der Waals surface area (Å²) in [5, 5.41) is 0. The number of rotatable bonds is 1. The number of hydrogen-bond donors (Lipinski definition) is 1. The fourth-order valence-corrected chi connectivity index (χ4v) is 3.79. The molecule has 1 saturated carbocycles. The van der Waals surface area contributed by atoms with Gasteiger partial charge in [-0.3, -0.25) is 0 Å². The fourth-order valence-electron chi connectivity index (χ4n) is 3.45. The van der Waals surface area contributed by atoms with Crippen LogP contribution in [0.2, 0.25) is 0 Å². The first kappa shape index (κ1) is 13.4. The van der Waals surface area contributed by atoms with Gasteiger partial charge in [-0.15, -0.1) is 0 Å². The topological polar surface area (TPSA) is 35.2 Å². The highest BCUT2D eigenvalue weighted by atomic mass is 79.9. The summed E-state index contributed by atoms with van der Waals surface area (Å²) in [4.78, 5) is 0. The van der Waals surface area contributed by atoms with Crippen molar-refractivity contribution in [1.82, 2.24) is 0 Å². The lowest BCUT2D eigenvalue weighted by molar-refractivity contribution is 0.0702. The Balaban J connectivity index is 1.76. The van der Waals surface area contributed by atoms with E-state index >= 15 is 0 Å². The number of ether oxygens (including phenoxy) is 1. The van der Waals surface area contributed by atoms with Gasteiger partial charge in [-0.25, -0.2) is 0 Å². The molecule has 2 N–H and O–H groups in total. The molecule has 0 amide bonds. The highest BCUT2D eigenvalue weighted by Crippen LogP contribution is 2.41. The molecule has 2 nitrogen and oxygen atoms in total. The molecule has 3 heteroatoms. The van der Waals surface area contributed by atoms with Gasteiger partial charge in [-0.2, -0.15) is 0 Å². The van der Waals surface area contributed by atoms with Gasteiger partial charge in [-0.05, 0) is 36.8 Å². The van der Waals surface area contributed by atoms with Gasteiger partial charge in [0.25, 0.3) is 0 Å². The summed E-state index contributed by atoms with van der Waals surface area (Å²) >= 11 is 3.51. The monoisotopic (exact) mass is 323 g/mol. The van der Waals surface area contributed by atoms with Crippen LogP contribution in [0.3, 0.4) is 0 Å². The molecule has 0 spiro atoms. The molecular formula is C16H22BrNO. The van der Waals surface area contributed by atoms with Gasteiger partial charge >= 0.3 is 0 Å². The Morgan fingerprint density at radius 3 is 2.68 bits per heavy atom. The first-order valence-corrected chi connectivity index (χ1v) is 8.14. The summed E-state index contributed by atoms with van der Waals surface area (Å²) in [6.45, 7) is 2.36. The van der Waals surface area contributed by atoms with E-state index in [1.807, 2.05) is 6.07 Å². The first-order valence-electron chi connectivity index (χ1n) is 7.35. The quantitative estimate of drug-likeness (QED) is 0.829. The van der Waals surface area contributed by atoms with Crippen LogP contribution >= 0.6 is 15.9 Å². The van der Waals surface area contributed by atoms with Crippen molar-refractivity contribution in [2.24, 2.45) is 17.6 Å². The number of benzene rings is 1. The zero-order valence-electron chi connectivity index (χ0n) is 11.4. The van der Waals surface area contributed by atoms with Crippen LogP contribution < -0.4 is 10.5 Å². The molecule has 0 bridgehead atoms. The largest absolute Gasteiger partial charge is 0.490 e. The maximum absolute atomic E-state index is 6.33. The van der Waals surface area contributed by atoms with Gasteiger partial charge in [0.1, 0.15) is 11.9 Å². The SMILES string of the molecule is CC1CCC(C2C[C@H](N)c3ccc(Br)cc3O2)CC1. The minimum Gasteiger partial charge on any atom is -0.490 e. The smallest absolute Gasteiger partial charge is 0.125 e. The molecule has 3 rings (SSSR count). The van der Waals surface area contributed by atoms with Crippen molar-refractivity contribution in [1.29, 1.82) is 0 Å². The molecule has 1 aromatic carbocycles. The maximum Gasteiger partial charge on any atom is 0.125 e. The van der Waals surface area contributed by atoms with Crippen molar-refractivity contribution in [2.45, 2.75) is 51.2 Å². The summed E-state index contributed by atoms with van der Waals surface area (Å²) in [5.41, 5.74) is 7.48. The molecule has 2 atom stereocenters. The number of halogens is 1. The minimum absolute atomic E-state index is 0.126. The Hall–Kier alpha value is -0.540. The van der Waals surface area contributed by atoms with Gasteiger partial charge in [0.05, 0.1) is 0 Å². The molecule has 19 heavy (non-hydrogen) atoms. The van der Waals surface area contributed by atoms with Crippen LogP contribution in [-0.2, 0) is 0 Å². The predicted molar refractivity (Wildman–Crippen MR) is 81.2 cm³/mol. The Labute approximate surface area is 123 Å². The van der Waals surface area contributed by atoms with E-state index in [0.29, 0.717) is 12.0 Å². The lowest BCUT2D eigenvalue weighted by Gasteiger charge is -2.38. The first-order chi connectivity index (χ1) is 9.13. The predicted octanol–water partition coefficient (Wildman–Crippen LogP) is 4.43. The highest BCUT2D eigenvalue weighted by molar-refractivity contribution is 9.10. The van der Waals surface area contributed by atoms with Crippen LogP contribution in [0.1, 0.15) is 50.6 Å². The molecule has 104 valence electrons. The highest BCUT2D eigenvalue weighted by Gasteiger charge is 2.33. The van der Waals surface area contributed by atoms with E-state index in [1.165, 1.54) is 25.7 Å². The van der Waals surface area contributed by atoms with Gasteiger partial charge in [0.15, 0.2) is 0 Å². The van der Waals surface area contributed by atoms with Crippen LogP contribution in [0.25, 0.3) is 0 Å². The van der Waals surface area contributed by atoms with Crippen molar-refractivity contribution in [2.75, 3.05) is 0 Å². The summed E-state index contributed by atoms with van der Waals surface area (Å²) in [6.07, 6.45) is 6.54. The molecule has 1 fully saturated rings. The van der Waals surface area contributed by atoms with Gasteiger partial charge < -0.3 is 10.5 Å².